The predicted molar refractivity (Wildman–Crippen MR) is 163 cm³/mol. The van der Waals surface area contributed by atoms with Gasteiger partial charge in [-0.25, -0.2) is 0 Å². The van der Waals surface area contributed by atoms with Crippen molar-refractivity contribution in [2.45, 2.75) is 132 Å². The number of hydrogen-bond acceptors (Lipinski definition) is 4. The first-order valence-electron chi connectivity index (χ1n) is 15.3. The first kappa shape index (κ1) is 32.8. The number of phenols is 1. The van der Waals surface area contributed by atoms with E-state index in [2.05, 4.69) is 41.5 Å². The molecule has 2 aliphatic rings. The number of hydrogen-bond donors (Lipinski definition) is 1. The van der Waals surface area contributed by atoms with Crippen molar-refractivity contribution in [2.75, 3.05) is 0 Å². The Labute approximate surface area is 238 Å². The van der Waals surface area contributed by atoms with Gasteiger partial charge in [0, 0.05) is 5.56 Å². The molecule has 1 N–H and O–H groups in total. The third-order valence-corrected chi connectivity index (χ3v) is 8.69. The van der Waals surface area contributed by atoms with Gasteiger partial charge in [0.15, 0.2) is 11.6 Å². The number of carbonyl (C=O) groups excluding carboxylic acids is 2. The van der Waals surface area contributed by atoms with Gasteiger partial charge in [-0.15, -0.1) is 0 Å². The quantitative estimate of drug-likeness (QED) is 0.270. The van der Waals surface area contributed by atoms with Crippen LogP contribution in [0.15, 0.2) is 24.3 Å². The lowest BCUT2D eigenvalue weighted by atomic mass is 9.84. The van der Waals surface area contributed by atoms with E-state index in [-0.39, 0.29) is 17.2 Å². The van der Waals surface area contributed by atoms with Crippen LogP contribution in [0.2, 0.25) is 0 Å². The highest BCUT2D eigenvalue weighted by Crippen LogP contribution is 2.44. The Morgan fingerprint density at radius 3 is 1.77 bits per heavy atom. The fraction of sp³-hybridized carbons (Fsp3) is 0.657. The largest absolute Gasteiger partial charge is 0.507 e. The number of phenolic OH excluding ortho intramolecular Hbond substituents is 1. The highest BCUT2D eigenvalue weighted by atomic mass is 16.5. The maximum absolute atomic E-state index is 10.4. The molecule has 0 fully saturated rings. The molecule has 0 unspecified atom stereocenters. The monoisotopic (exact) mass is 538 g/mol. The zero-order valence-electron chi connectivity index (χ0n) is 26.0. The summed E-state index contributed by atoms with van der Waals surface area (Å²) in [6, 6.07) is 0. The molecule has 0 spiro atoms. The van der Waals surface area contributed by atoms with Crippen LogP contribution in [0.3, 0.4) is 0 Å². The summed E-state index contributed by atoms with van der Waals surface area (Å²) in [6.07, 6.45) is 19.1. The second-order valence-electron chi connectivity index (χ2n) is 12.9. The van der Waals surface area contributed by atoms with Crippen LogP contribution in [0.5, 0.6) is 11.5 Å². The second kappa shape index (κ2) is 15.4. The normalized spacial score (nSPS) is 19.8. The van der Waals surface area contributed by atoms with Crippen LogP contribution < -0.4 is 4.74 Å². The second-order valence-corrected chi connectivity index (χ2v) is 12.9. The molecule has 0 amide bonds. The summed E-state index contributed by atoms with van der Waals surface area (Å²) in [5.41, 5.74) is 4.23. The summed E-state index contributed by atoms with van der Waals surface area (Å²) in [7, 11) is 0. The maximum Gasteiger partial charge on any atom is 0.178 e. The van der Waals surface area contributed by atoms with Crippen molar-refractivity contribution in [2.24, 2.45) is 17.8 Å². The van der Waals surface area contributed by atoms with Crippen LogP contribution in [0.1, 0.15) is 121 Å². The van der Waals surface area contributed by atoms with Crippen LogP contribution in [0, 0.1) is 38.5 Å². The van der Waals surface area contributed by atoms with Crippen molar-refractivity contribution in [1.82, 2.24) is 0 Å². The summed E-state index contributed by atoms with van der Waals surface area (Å²) < 4.78 is 6.60. The van der Waals surface area contributed by atoms with Crippen molar-refractivity contribution >= 4 is 11.6 Å². The number of rotatable bonds is 12. The Kier molecular flexibility index (Phi) is 13.0. The van der Waals surface area contributed by atoms with Gasteiger partial charge in [0.05, 0.1) is 0 Å². The minimum Gasteiger partial charge on any atom is -0.507 e. The topological polar surface area (TPSA) is 63.6 Å². The molecule has 0 aromatic heterocycles. The van der Waals surface area contributed by atoms with E-state index in [1.807, 2.05) is 13.8 Å². The fourth-order valence-electron chi connectivity index (χ4n) is 5.71. The molecular formula is C35H54O4. The number of ketones is 2. The number of carbonyl (C=O) groups is 2. The van der Waals surface area contributed by atoms with E-state index in [0.717, 1.165) is 59.5 Å². The molecule has 39 heavy (non-hydrogen) atoms. The number of aromatic hydroxyl groups is 1. The third-order valence-electron chi connectivity index (χ3n) is 8.69. The third kappa shape index (κ3) is 10.6. The van der Waals surface area contributed by atoms with Gasteiger partial charge >= 0.3 is 0 Å². The number of allylic oxidation sites excluding steroid dienone is 4. The van der Waals surface area contributed by atoms with Crippen molar-refractivity contribution in [3.8, 4) is 11.5 Å². The maximum atomic E-state index is 10.4. The van der Waals surface area contributed by atoms with Gasteiger partial charge in [0.25, 0.3) is 0 Å². The van der Waals surface area contributed by atoms with Crippen LogP contribution >= 0.6 is 0 Å². The van der Waals surface area contributed by atoms with Crippen molar-refractivity contribution in [1.29, 1.82) is 0 Å². The average molecular weight is 539 g/mol. The molecule has 1 aliphatic heterocycles. The highest BCUT2D eigenvalue weighted by Gasteiger charge is 2.34. The molecule has 1 aromatic rings. The Bertz CT molecular complexity index is 994. The summed E-state index contributed by atoms with van der Waals surface area (Å²) in [4.78, 5) is 20.6. The predicted octanol–water partition coefficient (Wildman–Crippen LogP) is 9.09. The van der Waals surface area contributed by atoms with E-state index < -0.39 is 0 Å². The Hall–Kier alpha value is -2.36. The van der Waals surface area contributed by atoms with E-state index in [0.29, 0.717) is 5.75 Å². The highest BCUT2D eigenvalue weighted by molar-refractivity contribution is 6.14. The zero-order chi connectivity index (χ0) is 29.2. The summed E-state index contributed by atoms with van der Waals surface area (Å²) in [6.45, 7) is 17.9. The van der Waals surface area contributed by atoms with E-state index in [9.17, 15) is 14.7 Å². The number of ether oxygens (including phenoxy) is 1. The zero-order valence-corrected chi connectivity index (χ0v) is 26.0. The molecule has 0 saturated heterocycles. The van der Waals surface area contributed by atoms with Gasteiger partial charge in [-0.3, -0.25) is 9.59 Å². The summed E-state index contributed by atoms with van der Waals surface area (Å²) in [5.74, 6) is 3.79. The molecular weight excluding hydrogens is 484 g/mol. The van der Waals surface area contributed by atoms with Gasteiger partial charge in [-0.05, 0) is 112 Å². The first-order chi connectivity index (χ1) is 18.3. The van der Waals surface area contributed by atoms with Crippen molar-refractivity contribution in [3.63, 3.8) is 0 Å². The molecule has 3 rings (SSSR count). The molecule has 3 atom stereocenters. The summed E-state index contributed by atoms with van der Waals surface area (Å²) >= 11 is 0. The lowest BCUT2D eigenvalue weighted by molar-refractivity contribution is -0.113. The molecule has 218 valence electrons. The lowest BCUT2D eigenvalue weighted by Crippen LogP contribution is -2.37. The molecule has 0 radical (unpaired) electrons. The summed E-state index contributed by atoms with van der Waals surface area (Å²) in [5, 5.41) is 10.4. The van der Waals surface area contributed by atoms with E-state index in [4.69, 9.17) is 4.74 Å². The average Bonchev–Trinajstić information content (AvgIpc) is 2.88. The van der Waals surface area contributed by atoms with Gasteiger partial charge in [0.1, 0.15) is 17.1 Å². The standard InChI is InChI=1S/C29H50O2.C6H4O2/c1-20(2)12-9-13-21(3)14-10-15-22(4)16-11-18-29(8)19-17-26-25(7)27(30)23(5)24(6)28(26)31-29;7-5-1-2-6(8)4-3-5/h20-22,30H,9-19H2,1-8H3;1-4H/t21-,22-,29-;/m1./s1. The smallest absolute Gasteiger partial charge is 0.178 e. The van der Waals surface area contributed by atoms with Gasteiger partial charge < -0.3 is 9.84 Å². The van der Waals surface area contributed by atoms with Crippen LogP contribution in [0.25, 0.3) is 0 Å². The van der Waals surface area contributed by atoms with Gasteiger partial charge in [-0.2, -0.15) is 0 Å². The minimum atomic E-state index is -0.121. The van der Waals surface area contributed by atoms with E-state index in [1.165, 1.54) is 81.2 Å². The van der Waals surface area contributed by atoms with Crippen molar-refractivity contribution < 1.29 is 19.4 Å². The Morgan fingerprint density at radius 1 is 0.769 bits per heavy atom. The molecule has 4 nitrogen and oxygen atoms in total. The molecule has 1 aliphatic carbocycles. The number of fused-ring (bicyclic) bond motifs is 1. The van der Waals surface area contributed by atoms with E-state index >= 15 is 0 Å². The van der Waals surface area contributed by atoms with E-state index in [1.54, 1.807) is 0 Å². The van der Waals surface area contributed by atoms with Gasteiger partial charge in [-0.1, -0.05) is 72.6 Å². The van der Waals surface area contributed by atoms with Crippen LogP contribution in [-0.2, 0) is 16.0 Å². The lowest BCUT2D eigenvalue weighted by Gasteiger charge is -2.38. The van der Waals surface area contributed by atoms with Crippen LogP contribution in [-0.4, -0.2) is 22.3 Å². The van der Waals surface area contributed by atoms with Crippen molar-refractivity contribution in [3.05, 3.63) is 46.6 Å². The molecule has 1 heterocycles. The fourth-order valence-corrected chi connectivity index (χ4v) is 5.71. The molecule has 4 heteroatoms. The number of benzene rings is 1. The van der Waals surface area contributed by atoms with Gasteiger partial charge in [0.2, 0.25) is 0 Å². The molecule has 0 saturated carbocycles. The first-order valence-corrected chi connectivity index (χ1v) is 15.3. The SMILES string of the molecule is Cc1c(C)c2c(c(C)c1O)CC[C@@](C)(CCC[C@H](C)CCC[C@H](C)CCCC(C)C)O2.O=C1C=CC(=O)C=C1. The van der Waals surface area contributed by atoms with Crippen LogP contribution in [0.4, 0.5) is 0 Å². The Balaban J connectivity index is 0.000000568. The molecule has 0 bridgehead atoms. The molecule has 1 aromatic carbocycles. The Morgan fingerprint density at radius 2 is 1.26 bits per heavy atom. The minimum absolute atomic E-state index is 0.0712.